The van der Waals surface area contributed by atoms with Crippen LogP contribution in [0.15, 0.2) is 262 Å². The van der Waals surface area contributed by atoms with Gasteiger partial charge in [-0.3, -0.25) is 0 Å². The summed E-state index contributed by atoms with van der Waals surface area (Å²) in [7, 11) is -18.1. The Kier molecular flexibility index (Phi) is 26.1. The van der Waals surface area contributed by atoms with Crippen molar-refractivity contribution >= 4 is 54.4 Å². The molecule has 9 rings (SSSR count). The van der Waals surface area contributed by atoms with E-state index in [1.807, 2.05) is 0 Å². The molecule has 0 nitrogen and oxygen atoms in total. The number of hydrogen-bond donors (Lipinski definition) is 0. The van der Waals surface area contributed by atoms with E-state index >= 15 is 0 Å². The van der Waals surface area contributed by atoms with E-state index in [9.17, 15) is 51.8 Å². The highest BCUT2D eigenvalue weighted by molar-refractivity contribution is 7.97. The summed E-state index contributed by atoms with van der Waals surface area (Å²) in [4.78, 5) is 12.4. The van der Waals surface area contributed by atoms with Crippen LogP contribution >= 0.6 is 0 Å². The SMILES string of the molecule is Cc1ccc([S+](c2ccc(C)cc2)c2ccc(C)cc2)cc1.Cc1ccc([S+](c2ccc(C)cc2)c2ccc(C)cc2)cc1.Cc1ccc([S+](c2ccc(C)cc2)c2ccc(C)cc2)cc1.F[B-](F)(F)F.F[B-](F)(F)F.F[B-](F)(F)F. The maximum absolute atomic E-state index is 9.75. The van der Waals surface area contributed by atoms with Crippen molar-refractivity contribution in [3.63, 3.8) is 0 Å². The quantitative estimate of drug-likeness (QED) is 0.0768. The molecule has 18 heteroatoms. The summed E-state index contributed by atoms with van der Waals surface area (Å²) in [6, 6.07) is 80.4. The highest BCUT2D eigenvalue weighted by Gasteiger charge is 2.31. The smallest absolute Gasteiger partial charge is 0.418 e. The molecule has 0 radical (unpaired) electrons. The predicted molar refractivity (Wildman–Crippen MR) is 318 cm³/mol. The molecule has 0 atom stereocenters. The largest absolute Gasteiger partial charge is 0.673 e. The van der Waals surface area contributed by atoms with Gasteiger partial charge in [0.05, 0.1) is 32.7 Å². The molecule has 0 saturated heterocycles. The van der Waals surface area contributed by atoms with Crippen LogP contribution in [0.5, 0.6) is 0 Å². The van der Waals surface area contributed by atoms with Gasteiger partial charge >= 0.3 is 21.8 Å². The molecular formula is C63H63B3F12S3. The molecular weight excluding hydrogens is 1110 g/mol. The van der Waals surface area contributed by atoms with Crippen molar-refractivity contribution in [2.45, 2.75) is 106 Å². The second kappa shape index (κ2) is 31.6. The van der Waals surface area contributed by atoms with Gasteiger partial charge in [-0.15, -0.1) is 0 Å². The van der Waals surface area contributed by atoms with E-state index in [4.69, 9.17) is 0 Å². The molecule has 0 heterocycles. The molecule has 0 amide bonds. The van der Waals surface area contributed by atoms with E-state index in [1.54, 1.807) is 0 Å². The van der Waals surface area contributed by atoms with E-state index in [2.05, 4.69) is 281 Å². The van der Waals surface area contributed by atoms with E-state index in [0.717, 1.165) is 0 Å². The predicted octanol–water partition coefficient (Wildman–Crippen LogP) is 21.0. The second-order valence-electron chi connectivity index (χ2n) is 18.7. The van der Waals surface area contributed by atoms with Crippen molar-refractivity contribution < 1.29 is 51.8 Å². The Labute approximate surface area is 478 Å². The third kappa shape index (κ3) is 26.2. The average Bonchev–Trinajstić information content (AvgIpc) is 3.48. The summed E-state index contributed by atoms with van der Waals surface area (Å²) < 4.78 is 117. The minimum absolute atomic E-state index is 0.0394. The molecule has 0 aromatic heterocycles. The van der Waals surface area contributed by atoms with Gasteiger partial charge in [-0.05, 0) is 172 Å². The topological polar surface area (TPSA) is 0 Å². The first kappa shape index (κ1) is 66.9. The second-order valence-corrected chi connectivity index (χ2v) is 24.8. The first-order valence-corrected chi connectivity index (χ1v) is 29.0. The zero-order valence-electron chi connectivity index (χ0n) is 46.3. The molecule has 9 aromatic carbocycles. The Morgan fingerprint density at radius 1 is 0.160 bits per heavy atom. The van der Waals surface area contributed by atoms with E-state index < -0.39 is 21.8 Å². The Morgan fingerprint density at radius 3 is 0.284 bits per heavy atom. The van der Waals surface area contributed by atoms with Crippen LogP contribution in [-0.2, 0) is 32.7 Å². The Bertz CT molecular complexity index is 2530. The van der Waals surface area contributed by atoms with E-state index in [0.29, 0.717) is 0 Å². The number of benzene rings is 9. The van der Waals surface area contributed by atoms with Gasteiger partial charge in [-0.1, -0.05) is 159 Å². The fraction of sp³-hybridized carbons (Fsp3) is 0.143. The van der Waals surface area contributed by atoms with Crippen LogP contribution in [0.1, 0.15) is 50.1 Å². The minimum Gasteiger partial charge on any atom is -0.418 e. The summed E-state index contributed by atoms with van der Waals surface area (Å²) in [5.74, 6) is 0. The summed E-state index contributed by atoms with van der Waals surface area (Å²) >= 11 is 0. The summed E-state index contributed by atoms with van der Waals surface area (Å²) in [6.07, 6.45) is 0. The van der Waals surface area contributed by atoms with Crippen LogP contribution in [0.2, 0.25) is 0 Å². The van der Waals surface area contributed by atoms with E-state index in [1.165, 1.54) is 94.1 Å². The van der Waals surface area contributed by atoms with Crippen LogP contribution in [-0.4, -0.2) is 21.8 Å². The molecule has 426 valence electrons. The molecule has 0 aliphatic heterocycles. The van der Waals surface area contributed by atoms with Gasteiger partial charge in [0.2, 0.25) is 0 Å². The Balaban J connectivity index is 0.000000232. The molecule has 0 unspecified atom stereocenters. The first-order chi connectivity index (χ1) is 37.9. The minimum atomic E-state index is -6.00. The van der Waals surface area contributed by atoms with Gasteiger partial charge in [0.1, 0.15) is 0 Å². The van der Waals surface area contributed by atoms with Gasteiger partial charge in [-0.25, -0.2) is 0 Å². The van der Waals surface area contributed by atoms with Crippen LogP contribution < -0.4 is 0 Å². The maximum Gasteiger partial charge on any atom is 0.673 e. The Hall–Kier alpha value is -6.62. The number of halogens is 12. The lowest BCUT2D eigenvalue weighted by Gasteiger charge is -2.09. The normalized spacial score (nSPS) is 11.1. The molecule has 81 heavy (non-hydrogen) atoms. The first-order valence-electron chi connectivity index (χ1n) is 25.3. The third-order valence-corrected chi connectivity index (χ3v) is 18.0. The van der Waals surface area contributed by atoms with Crippen molar-refractivity contribution in [3.8, 4) is 0 Å². The van der Waals surface area contributed by atoms with Gasteiger partial charge in [0.15, 0.2) is 44.1 Å². The third-order valence-electron chi connectivity index (χ3n) is 11.3. The van der Waals surface area contributed by atoms with Crippen molar-refractivity contribution in [1.82, 2.24) is 0 Å². The fourth-order valence-electron chi connectivity index (χ4n) is 7.29. The van der Waals surface area contributed by atoms with Crippen molar-refractivity contribution in [2.75, 3.05) is 0 Å². The average molecular weight is 1180 g/mol. The highest BCUT2D eigenvalue weighted by atomic mass is 32.2. The standard InChI is InChI=1S/3C21H21S.3BF4/c3*1-16-4-10-19(11-5-16)22(20-12-6-17(2)7-13-20)21-14-8-18(3)9-15-21;3*2-1(3,4)5/h3*4-15H,1-3H3;;;/q3*+1;3*-1. The van der Waals surface area contributed by atoms with Crippen molar-refractivity contribution in [1.29, 1.82) is 0 Å². The fourth-order valence-corrected chi connectivity index (χ4v) is 13.4. The molecule has 0 fully saturated rings. The highest BCUT2D eigenvalue weighted by Crippen LogP contribution is 2.35. The Morgan fingerprint density at radius 2 is 0.222 bits per heavy atom. The molecule has 0 N–H and O–H groups in total. The van der Waals surface area contributed by atoms with Gasteiger partial charge in [-0.2, -0.15) is 0 Å². The summed E-state index contributed by atoms with van der Waals surface area (Å²) in [5, 5.41) is 0. The van der Waals surface area contributed by atoms with Gasteiger partial charge in [0.25, 0.3) is 0 Å². The maximum atomic E-state index is 9.75. The van der Waals surface area contributed by atoms with Crippen molar-refractivity contribution in [2.24, 2.45) is 0 Å². The summed E-state index contributed by atoms with van der Waals surface area (Å²) in [5.41, 5.74) is 11.8. The van der Waals surface area contributed by atoms with Crippen molar-refractivity contribution in [3.05, 3.63) is 268 Å². The van der Waals surface area contributed by atoms with Gasteiger partial charge < -0.3 is 51.8 Å². The zero-order chi connectivity index (χ0) is 60.1. The number of hydrogen-bond acceptors (Lipinski definition) is 0. The van der Waals surface area contributed by atoms with Crippen LogP contribution in [0, 0.1) is 62.3 Å². The van der Waals surface area contributed by atoms with Gasteiger partial charge in [0, 0.05) is 0 Å². The van der Waals surface area contributed by atoms with Crippen LogP contribution in [0.4, 0.5) is 51.8 Å². The molecule has 9 aromatic rings. The molecule has 0 bridgehead atoms. The lowest BCUT2D eigenvalue weighted by Crippen LogP contribution is -2.04. The van der Waals surface area contributed by atoms with Crippen LogP contribution in [0.25, 0.3) is 0 Å². The van der Waals surface area contributed by atoms with E-state index in [-0.39, 0.29) is 32.7 Å². The lowest BCUT2D eigenvalue weighted by molar-refractivity contribution is 0.366. The molecule has 0 aliphatic carbocycles. The number of rotatable bonds is 9. The number of aryl methyl sites for hydroxylation is 9. The lowest BCUT2D eigenvalue weighted by atomic mass is 10.2. The molecule has 0 spiro atoms. The van der Waals surface area contributed by atoms with Crippen LogP contribution in [0.3, 0.4) is 0 Å². The molecule has 0 aliphatic rings. The molecule has 0 saturated carbocycles. The summed E-state index contributed by atoms with van der Waals surface area (Å²) in [6.45, 7) is 19.2. The monoisotopic (exact) mass is 1180 g/mol. The zero-order valence-corrected chi connectivity index (χ0v) is 48.7.